The first-order chi connectivity index (χ1) is 24.7. The molecular weight excluding hydrogens is 686 g/mol. The van der Waals surface area contributed by atoms with Crippen LogP contribution in [0.25, 0.3) is 38.2 Å². The van der Waals surface area contributed by atoms with Gasteiger partial charge in [-0.2, -0.15) is 0 Å². The van der Waals surface area contributed by atoms with Crippen LogP contribution in [0.3, 0.4) is 0 Å². The number of nitrogens with zero attached hydrogens (tertiary/aromatic N) is 3. The van der Waals surface area contributed by atoms with Gasteiger partial charge in [0, 0.05) is 49.6 Å². The molecule has 0 saturated carbocycles. The molecular formula is C35H31N3O14. The maximum Gasteiger partial charge on any atom is 0.303 e. The number of phenolic OH excluding ortho intramolecular Hbond substituents is 1. The Labute approximate surface area is 292 Å². The number of hydrogen-bond donors (Lipinski definition) is 4. The Morgan fingerprint density at radius 3 is 2.15 bits per heavy atom. The van der Waals surface area contributed by atoms with E-state index in [1.165, 1.54) is 28.9 Å². The van der Waals surface area contributed by atoms with Crippen molar-refractivity contribution in [1.29, 1.82) is 0 Å². The lowest BCUT2D eigenvalue weighted by Gasteiger charge is -2.45. The summed E-state index contributed by atoms with van der Waals surface area (Å²) in [7, 11) is 0. The number of rotatable bonds is 7. The zero-order valence-corrected chi connectivity index (χ0v) is 28.0. The Balaban J connectivity index is 1.64. The highest BCUT2D eigenvalue weighted by Gasteiger charge is 2.54. The number of benzene rings is 2. The molecule has 17 nitrogen and oxygen atoms in total. The predicted molar refractivity (Wildman–Crippen MR) is 179 cm³/mol. The maximum absolute atomic E-state index is 13.2. The molecule has 0 amide bonds. The Morgan fingerprint density at radius 2 is 1.50 bits per heavy atom. The quantitative estimate of drug-likeness (QED) is 0.122. The van der Waals surface area contributed by atoms with Gasteiger partial charge in [0.05, 0.1) is 27.5 Å². The number of phenols is 1. The van der Waals surface area contributed by atoms with Crippen LogP contribution < -0.4 is 0 Å². The molecule has 1 saturated heterocycles. The molecule has 7 rings (SSSR count). The predicted octanol–water partition coefficient (Wildman–Crippen LogP) is 2.68. The lowest BCUT2D eigenvalue weighted by molar-refractivity contribution is -0.267. The van der Waals surface area contributed by atoms with E-state index in [9.17, 15) is 44.4 Å². The van der Waals surface area contributed by atoms with Gasteiger partial charge in [-0.1, -0.05) is 24.3 Å². The number of aromatic nitrogens is 2. The maximum atomic E-state index is 13.2. The molecule has 2 aliphatic heterocycles. The summed E-state index contributed by atoms with van der Waals surface area (Å²) in [5.74, 6) is -5.23. The number of esters is 4. The number of aliphatic hydroxyl groups is 1. The first kappa shape index (κ1) is 34.3. The van der Waals surface area contributed by atoms with Crippen molar-refractivity contribution in [2.75, 3.05) is 6.61 Å². The SMILES string of the molecule is CC(=O)OC[C@H]1O[C@@H](n2c3c(O)cccc3c3c4c(O)n(CO)c(O)c4c4c(c32)N=C2C(=O)C=CC=C24)[C@H](OC(C)=O)[C@@H](OC(C)=O)[C@@H]1OC(C)=O. The summed E-state index contributed by atoms with van der Waals surface area (Å²) in [5, 5.41) is 45.2. The number of para-hydroxylation sites is 1. The molecule has 2 aromatic carbocycles. The van der Waals surface area contributed by atoms with Gasteiger partial charge in [0.15, 0.2) is 24.5 Å². The van der Waals surface area contributed by atoms with Gasteiger partial charge in [-0.15, -0.1) is 0 Å². The van der Waals surface area contributed by atoms with Crippen molar-refractivity contribution in [2.45, 2.75) is 65.1 Å². The van der Waals surface area contributed by atoms with Crippen LogP contribution in [0.1, 0.15) is 39.5 Å². The van der Waals surface area contributed by atoms with Crippen LogP contribution >= 0.6 is 0 Å². The van der Waals surface area contributed by atoms with Gasteiger partial charge in [0.2, 0.25) is 17.5 Å². The van der Waals surface area contributed by atoms with Gasteiger partial charge >= 0.3 is 23.9 Å². The number of fused-ring (bicyclic) bond motifs is 10. The number of carbonyl (C=O) groups excluding carboxylic acids is 5. The van der Waals surface area contributed by atoms with Crippen molar-refractivity contribution in [1.82, 2.24) is 9.13 Å². The van der Waals surface area contributed by atoms with E-state index in [-0.39, 0.29) is 60.9 Å². The van der Waals surface area contributed by atoms with Crippen LogP contribution in [0.5, 0.6) is 17.5 Å². The fraction of sp³-hybridized carbons (Fsp3) is 0.314. The summed E-state index contributed by atoms with van der Waals surface area (Å²) < 4.78 is 30.9. The van der Waals surface area contributed by atoms with E-state index in [0.29, 0.717) is 0 Å². The number of aliphatic imine (C=N–C) groups is 1. The topological polar surface area (TPSA) is 235 Å². The van der Waals surface area contributed by atoms with E-state index in [4.69, 9.17) is 28.7 Å². The lowest BCUT2D eigenvalue weighted by atomic mass is 9.91. The van der Waals surface area contributed by atoms with Crippen molar-refractivity contribution < 1.29 is 68.1 Å². The van der Waals surface area contributed by atoms with E-state index in [0.717, 1.165) is 32.3 Å². The molecule has 52 heavy (non-hydrogen) atoms. The van der Waals surface area contributed by atoms with Gasteiger partial charge in [-0.3, -0.25) is 28.5 Å². The first-order valence-electron chi connectivity index (χ1n) is 15.9. The van der Waals surface area contributed by atoms with Crippen LogP contribution in [-0.4, -0.2) is 96.0 Å². The highest BCUT2D eigenvalue weighted by atomic mass is 16.7. The summed E-state index contributed by atoms with van der Waals surface area (Å²) in [4.78, 5) is 67.6. The summed E-state index contributed by atoms with van der Waals surface area (Å²) in [6.07, 6.45) is -3.32. The van der Waals surface area contributed by atoms with E-state index in [1.54, 1.807) is 12.1 Å². The number of aromatic hydroxyl groups is 3. The van der Waals surface area contributed by atoms with E-state index in [1.807, 2.05) is 0 Å². The number of hydrogen-bond acceptors (Lipinski definition) is 15. The molecule has 17 heteroatoms. The van der Waals surface area contributed by atoms with Crippen LogP contribution in [0, 0.1) is 0 Å². The summed E-state index contributed by atoms with van der Waals surface area (Å²) in [6.45, 7) is 2.99. The molecule has 0 spiro atoms. The average molecular weight is 718 g/mol. The van der Waals surface area contributed by atoms with Crippen LogP contribution in [0.4, 0.5) is 5.69 Å². The van der Waals surface area contributed by atoms with Gasteiger partial charge in [-0.05, 0) is 12.1 Å². The minimum absolute atomic E-state index is 0.000337. The summed E-state index contributed by atoms with van der Waals surface area (Å²) >= 11 is 0. The fourth-order valence-corrected chi connectivity index (χ4v) is 7.26. The van der Waals surface area contributed by atoms with Crippen molar-refractivity contribution in [3.63, 3.8) is 0 Å². The van der Waals surface area contributed by atoms with Crippen molar-refractivity contribution in [3.05, 3.63) is 42.0 Å². The second-order valence-electron chi connectivity index (χ2n) is 12.3. The molecule has 1 aliphatic carbocycles. The standard InChI is InChI=1S/C35H31N3O14/c1-13(40)48-11-21-30(49-14(2)41)31(50-15(3)42)32(51-16(4)43)35(52-21)38-28-18(8-6-10-20(28)45)23-25-24(33(46)37(12-39)34(25)47)22-17-7-5-9-19(44)26(17)36-27(22)29(23)38/h5-10,21,30-32,35,39,45-47H,11-12H2,1-4H3/t21-,30-,31+,32-,35-/m1/s1. The number of aliphatic hydroxyl groups excluding tert-OH is 1. The Hall–Kier alpha value is -6.20. The third-order valence-corrected chi connectivity index (χ3v) is 9.03. The number of allylic oxidation sites excluding steroid dienone is 4. The van der Waals surface area contributed by atoms with Crippen molar-refractivity contribution in [3.8, 4) is 17.5 Å². The molecule has 4 N–H and O–H groups in total. The third kappa shape index (κ3) is 5.15. The Morgan fingerprint density at radius 1 is 0.846 bits per heavy atom. The third-order valence-electron chi connectivity index (χ3n) is 9.03. The molecule has 5 atom stereocenters. The normalized spacial score (nSPS) is 22.2. The second kappa shape index (κ2) is 12.5. The molecule has 270 valence electrons. The van der Waals surface area contributed by atoms with Gasteiger partial charge in [0.25, 0.3) is 0 Å². The zero-order chi connectivity index (χ0) is 37.3. The molecule has 3 aliphatic rings. The van der Waals surface area contributed by atoms with E-state index in [2.05, 4.69) is 0 Å². The molecule has 4 aromatic rings. The second-order valence-corrected chi connectivity index (χ2v) is 12.3. The molecule has 0 bridgehead atoms. The van der Waals surface area contributed by atoms with Gasteiger partial charge < -0.3 is 48.7 Å². The average Bonchev–Trinajstić information content (AvgIpc) is 3.70. The van der Waals surface area contributed by atoms with Crippen molar-refractivity contribution in [2.24, 2.45) is 4.99 Å². The molecule has 0 unspecified atom stereocenters. The highest BCUT2D eigenvalue weighted by Crippen LogP contribution is 2.56. The van der Waals surface area contributed by atoms with Crippen LogP contribution in [-0.2, 0) is 54.4 Å². The number of ether oxygens (including phenoxy) is 5. The smallest absolute Gasteiger partial charge is 0.303 e. The monoisotopic (exact) mass is 717 g/mol. The molecule has 4 heterocycles. The molecule has 2 aromatic heterocycles. The summed E-state index contributed by atoms with van der Waals surface area (Å²) in [6, 6.07) is 4.44. The number of carbonyl (C=O) groups is 5. The van der Waals surface area contributed by atoms with Crippen LogP contribution in [0.15, 0.2) is 41.4 Å². The summed E-state index contributed by atoms with van der Waals surface area (Å²) in [5.41, 5.74) is 0.615. The van der Waals surface area contributed by atoms with E-state index >= 15 is 0 Å². The largest absolute Gasteiger partial charge is 0.506 e. The van der Waals surface area contributed by atoms with Crippen LogP contribution in [0.2, 0.25) is 0 Å². The minimum atomic E-state index is -1.63. The van der Waals surface area contributed by atoms with Gasteiger partial charge in [-0.25, -0.2) is 4.99 Å². The highest BCUT2D eigenvalue weighted by molar-refractivity contribution is 6.63. The first-order valence-corrected chi connectivity index (χ1v) is 15.9. The lowest BCUT2D eigenvalue weighted by Crippen LogP contribution is -2.60. The van der Waals surface area contributed by atoms with Crippen molar-refractivity contribution >= 4 is 79.2 Å². The molecule has 1 fully saturated rings. The fourth-order valence-electron chi connectivity index (χ4n) is 7.26. The van der Waals surface area contributed by atoms with E-state index < -0.39 is 85.4 Å². The zero-order valence-electron chi connectivity index (χ0n) is 28.0. The number of ketones is 1. The Bertz CT molecular complexity index is 2360. The Kier molecular flexibility index (Phi) is 8.26. The van der Waals surface area contributed by atoms with Gasteiger partial charge in [0.1, 0.15) is 30.9 Å². The molecule has 0 radical (unpaired) electrons. The minimum Gasteiger partial charge on any atom is -0.506 e.